The second-order valence-corrected chi connectivity index (χ2v) is 7.71. The van der Waals surface area contributed by atoms with Crippen molar-refractivity contribution in [3.8, 4) is 11.5 Å². The van der Waals surface area contributed by atoms with E-state index in [1.807, 2.05) is 0 Å². The Morgan fingerprint density at radius 1 is 0.828 bits per heavy atom. The quantitative estimate of drug-likeness (QED) is 0.426. The Bertz CT molecular complexity index is 1060. The lowest BCUT2D eigenvalue weighted by molar-refractivity contribution is -0.385. The normalized spacial score (nSPS) is 11.0. The predicted molar refractivity (Wildman–Crippen MR) is 108 cm³/mol. The molecule has 0 saturated carbocycles. The summed E-state index contributed by atoms with van der Waals surface area (Å²) in [7, 11) is -1.14. The maximum atomic E-state index is 13.5. The molecule has 0 aliphatic carbocycles. The van der Waals surface area contributed by atoms with Crippen molar-refractivity contribution in [3.05, 3.63) is 82.9 Å². The predicted octanol–water partition coefficient (Wildman–Crippen LogP) is 4.14. The van der Waals surface area contributed by atoms with Crippen LogP contribution in [-0.4, -0.2) is 27.6 Å². The van der Waals surface area contributed by atoms with Crippen molar-refractivity contribution in [3.63, 3.8) is 0 Å². The van der Waals surface area contributed by atoms with E-state index in [1.165, 1.54) is 32.4 Å². The summed E-state index contributed by atoms with van der Waals surface area (Å²) in [5.41, 5.74) is 0.389. The van der Waals surface area contributed by atoms with Crippen molar-refractivity contribution in [2.45, 2.75) is 4.90 Å². The minimum Gasteiger partial charge on any atom is -0.497 e. The summed E-state index contributed by atoms with van der Waals surface area (Å²) < 4.78 is 38.3. The largest absolute Gasteiger partial charge is 0.497 e. The summed E-state index contributed by atoms with van der Waals surface area (Å²) in [5, 5.41) is 11.1. The monoisotopic (exact) mass is 414 g/mol. The van der Waals surface area contributed by atoms with Gasteiger partial charge in [0.05, 0.1) is 35.4 Å². The smallest absolute Gasteiger partial charge is 0.270 e. The van der Waals surface area contributed by atoms with Gasteiger partial charge in [-0.1, -0.05) is 6.07 Å². The molecule has 0 unspecified atom stereocenters. The van der Waals surface area contributed by atoms with Gasteiger partial charge in [-0.05, 0) is 54.6 Å². The molecule has 0 aliphatic heterocycles. The third-order valence-corrected chi connectivity index (χ3v) is 5.93. The van der Waals surface area contributed by atoms with Crippen LogP contribution in [0, 0.1) is 10.1 Å². The van der Waals surface area contributed by atoms with Crippen LogP contribution in [0.15, 0.2) is 77.7 Å². The topological polar surface area (TPSA) is 99.0 Å². The SMILES string of the molecule is COc1ccc(N(c2ccc(OC)cc2)S(=O)(=O)c2cccc([N+](=O)[O-])c2)cc1. The van der Waals surface area contributed by atoms with Crippen molar-refractivity contribution in [1.82, 2.24) is 0 Å². The lowest BCUT2D eigenvalue weighted by atomic mass is 10.2. The number of non-ortho nitro benzene ring substituents is 1. The van der Waals surface area contributed by atoms with Gasteiger partial charge < -0.3 is 9.47 Å². The van der Waals surface area contributed by atoms with E-state index in [2.05, 4.69) is 0 Å². The number of ether oxygens (including phenoxy) is 2. The molecule has 0 aliphatic rings. The van der Waals surface area contributed by atoms with Crippen LogP contribution in [0.2, 0.25) is 0 Å². The second-order valence-electron chi connectivity index (χ2n) is 5.92. The maximum absolute atomic E-state index is 13.5. The van der Waals surface area contributed by atoms with Gasteiger partial charge >= 0.3 is 0 Å². The third kappa shape index (κ3) is 4.14. The molecule has 3 aromatic carbocycles. The molecule has 0 bridgehead atoms. The first-order valence-corrected chi connectivity index (χ1v) is 9.88. The molecule has 0 spiro atoms. The summed E-state index contributed by atoms with van der Waals surface area (Å²) in [5.74, 6) is 1.13. The highest BCUT2D eigenvalue weighted by molar-refractivity contribution is 7.93. The average Bonchev–Trinajstić information content (AvgIpc) is 2.75. The molecule has 0 radical (unpaired) electrons. The second kappa shape index (κ2) is 8.19. The lowest BCUT2D eigenvalue weighted by Crippen LogP contribution is -2.26. The van der Waals surface area contributed by atoms with Gasteiger partial charge in [0.25, 0.3) is 15.7 Å². The highest BCUT2D eigenvalue weighted by Gasteiger charge is 2.28. The minimum absolute atomic E-state index is 0.196. The molecule has 8 nitrogen and oxygen atoms in total. The molecule has 0 saturated heterocycles. The van der Waals surface area contributed by atoms with E-state index in [0.717, 1.165) is 10.4 Å². The molecule has 0 atom stereocenters. The lowest BCUT2D eigenvalue weighted by Gasteiger charge is -2.25. The van der Waals surface area contributed by atoms with Gasteiger partial charge in [-0.25, -0.2) is 12.7 Å². The molecule has 9 heteroatoms. The van der Waals surface area contributed by atoms with Gasteiger partial charge in [-0.3, -0.25) is 10.1 Å². The maximum Gasteiger partial charge on any atom is 0.270 e. The Morgan fingerprint density at radius 2 is 1.31 bits per heavy atom. The first kappa shape index (κ1) is 20.2. The van der Waals surface area contributed by atoms with Crippen LogP contribution in [0.3, 0.4) is 0 Å². The Morgan fingerprint density at radius 3 is 1.72 bits per heavy atom. The van der Waals surface area contributed by atoms with Crippen molar-refractivity contribution < 1.29 is 22.8 Å². The van der Waals surface area contributed by atoms with Crippen LogP contribution in [0.5, 0.6) is 11.5 Å². The van der Waals surface area contributed by atoms with Crippen LogP contribution in [0.25, 0.3) is 0 Å². The molecular formula is C20H18N2O6S. The van der Waals surface area contributed by atoms with Gasteiger partial charge in [0.15, 0.2) is 0 Å². The van der Waals surface area contributed by atoms with Crippen molar-refractivity contribution in [1.29, 1.82) is 0 Å². The number of methoxy groups -OCH3 is 2. The van der Waals surface area contributed by atoms with E-state index in [4.69, 9.17) is 9.47 Å². The van der Waals surface area contributed by atoms with E-state index in [0.29, 0.717) is 22.9 Å². The molecule has 29 heavy (non-hydrogen) atoms. The molecule has 0 N–H and O–H groups in total. The first-order chi connectivity index (χ1) is 13.9. The number of anilines is 2. The van der Waals surface area contributed by atoms with Crippen LogP contribution in [0.1, 0.15) is 0 Å². The molecule has 0 heterocycles. The molecule has 0 fully saturated rings. The average molecular weight is 414 g/mol. The molecule has 150 valence electrons. The van der Waals surface area contributed by atoms with Gasteiger partial charge in [-0.15, -0.1) is 0 Å². The summed E-state index contributed by atoms with van der Waals surface area (Å²) in [6, 6.07) is 17.9. The summed E-state index contributed by atoms with van der Waals surface area (Å²) in [6.07, 6.45) is 0. The molecule has 0 amide bonds. The van der Waals surface area contributed by atoms with Crippen LogP contribution in [0.4, 0.5) is 17.1 Å². The zero-order valence-electron chi connectivity index (χ0n) is 15.7. The summed E-state index contributed by atoms with van der Waals surface area (Å²) in [4.78, 5) is 10.3. The van der Waals surface area contributed by atoms with E-state index in [-0.39, 0.29) is 10.6 Å². The Kier molecular flexibility index (Phi) is 5.69. The number of nitrogens with zero attached hydrogens (tertiary/aromatic N) is 2. The van der Waals surface area contributed by atoms with Gasteiger partial charge in [0.1, 0.15) is 11.5 Å². The highest BCUT2D eigenvalue weighted by atomic mass is 32.2. The molecule has 3 rings (SSSR count). The first-order valence-electron chi connectivity index (χ1n) is 8.44. The number of hydrogen-bond acceptors (Lipinski definition) is 6. The Hall–Kier alpha value is -3.59. The van der Waals surface area contributed by atoms with E-state index >= 15 is 0 Å². The van der Waals surface area contributed by atoms with Crippen LogP contribution < -0.4 is 13.8 Å². The zero-order chi connectivity index (χ0) is 21.0. The minimum atomic E-state index is -4.16. The van der Waals surface area contributed by atoms with Gasteiger partial charge in [-0.2, -0.15) is 0 Å². The number of hydrogen-bond donors (Lipinski definition) is 0. The van der Waals surface area contributed by atoms with Crippen molar-refractivity contribution in [2.75, 3.05) is 18.5 Å². The number of rotatable bonds is 7. The number of nitro benzene ring substituents is 1. The standard InChI is InChI=1S/C20H18N2O6S/c1-27-18-10-6-15(7-11-18)21(16-8-12-19(28-2)13-9-16)29(25,26)20-5-3-4-17(14-20)22(23)24/h3-14H,1-2H3. The van der Waals surface area contributed by atoms with Crippen LogP contribution in [-0.2, 0) is 10.0 Å². The number of sulfonamides is 1. The van der Waals surface area contributed by atoms with Gasteiger partial charge in [0.2, 0.25) is 0 Å². The molecule has 3 aromatic rings. The fourth-order valence-corrected chi connectivity index (χ4v) is 4.25. The summed E-state index contributed by atoms with van der Waals surface area (Å²) in [6.45, 7) is 0. The fraction of sp³-hybridized carbons (Fsp3) is 0.100. The Balaban J connectivity index is 2.17. The fourth-order valence-electron chi connectivity index (χ4n) is 2.72. The Labute approximate surface area is 168 Å². The zero-order valence-corrected chi connectivity index (χ0v) is 16.5. The number of nitro groups is 1. The van der Waals surface area contributed by atoms with E-state index in [9.17, 15) is 18.5 Å². The molecule has 0 aromatic heterocycles. The van der Waals surface area contributed by atoms with Gasteiger partial charge in [0, 0.05) is 12.1 Å². The van der Waals surface area contributed by atoms with E-state index < -0.39 is 14.9 Å². The van der Waals surface area contributed by atoms with Crippen LogP contribution >= 0.6 is 0 Å². The highest BCUT2D eigenvalue weighted by Crippen LogP contribution is 2.35. The molecular weight excluding hydrogens is 396 g/mol. The van der Waals surface area contributed by atoms with Crippen molar-refractivity contribution in [2.24, 2.45) is 0 Å². The number of benzene rings is 3. The third-order valence-electron chi connectivity index (χ3n) is 4.18. The van der Waals surface area contributed by atoms with E-state index in [1.54, 1.807) is 48.5 Å². The van der Waals surface area contributed by atoms with Crippen molar-refractivity contribution >= 4 is 27.1 Å². The summed E-state index contributed by atoms with van der Waals surface area (Å²) >= 11 is 0.